The van der Waals surface area contributed by atoms with Gasteiger partial charge in [0, 0.05) is 24.4 Å². The molecule has 3 aliphatic heterocycles. The Kier molecular flexibility index (Phi) is 11.4. The monoisotopic (exact) mass is 780 g/mol. The molecule has 4 heterocycles. The summed E-state index contributed by atoms with van der Waals surface area (Å²) in [5.74, 6) is 1.53. The van der Waals surface area contributed by atoms with Gasteiger partial charge in [-0.05, 0) is 60.7 Å². The summed E-state index contributed by atoms with van der Waals surface area (Å²) in [6.07, 6.45) is -2.78. The van der Waals surface area contributed by atoms with E-state index in [1.807, 2.05) is 32.0 Å². The van der Waals surface area contributed by atoms with Gasteiger partial charge in [-0.15, -0.1) is 0 Å². The minimum absolute atomic E-state index is 0.0143. The second-order valence-corrected chi connectivity index (χ2v) is 16.0. The van der Waals surface area contributed by atoms with Crippen LogP contribution in [0.25, 0.3) is 11.5 Å². The molecule has 0 radical (unpaired) electrons. The van der Waals surface area contributed by atoms with E-state index in [-0.39, 0.29) is 55.6 Å². The average molecular weight is 781 g/mol. The fraction of sp³-hybridized carbons (Fsp3) is 0.447. The normalized spacial score (nSPS) is 20.7. The fourth-order valence-corrected chi connectivity index (χ4v) is 9.28. The number of nitrogens with zero attached hydrogens (tertiary/aromatic N) is 3. The largest absolute Gasteiger partial charge is 0.496 e. The van der Waals surface area contributed by atoms with Crippen LogP contribution in [0.5, 0.6) is 23.0 Å². The lowest BCUT2D eigenvalue weighted by Crippen LogP contribution is -2.60. The van der Waals surface area contributed by atoms with Crippen molar-refractivity contribution in [1.29, 1.82) is 0 Å². The first-order chi connectivity index (χ1) is 26.5. The zero-order valence-corrected chi connectivity index (χ0v) is 31.4. The zero-order chi connectivity index (χ0) is 38.7. The summed E-state index contributed by atoms with van der Waals surface area (Å²) >= 11 is 0. The molecule has 1 aromatic heterocycles. The first-order valence-electron chi connectivity index (χ1n) is 18.0. The molecule has 55 heavy (non-hydrogen) atoms. The molecule has 3 N–H and O–H groups in total. The Bertz CT molecular complexity index is 2060. The van der Waals surface area contributed by atoms with Gasteiger partial charge in [0.1, 0.15) is 11.5 Å². The number of rotatable bonds is 16. The number of sulfonamides is 1. The quantitative estimate of drug-likeness (QED) is 0.145. The van der Waals surface area contributed by atoms with E-state index in [4.69, 9.17) is 32.9 Å². The number of ether oxygens (including phenoxy) is 6. The highest BCUT2D eigenvalue weighted by Gasteiger charge is 2.52. The van der Waals surface area contributed by atoms with Gasteiger partial charge < -0.3 is 48.5 Å². The van der Waals surface area contributed by atoms with Crippen molar-refractivity contribution in [2.75, 3.05) is 33.7 Å². The van der Waals surface area contributed by atoms with Crippen LogP contribution in [-0.2, 0) is 32.5 Å². The molecule has 7 rings (SSSR count). The molecular formula is C38H44N4O12S. The third-order valence-corrected chi connectivity index (χ3v) is 11.8. The van der Waals surface area contributed by atoms with Crippen LogP contribution in [0.2, 0.25) is 0 Å². The molecule has 2 fully saturated rings. The first-order valence-corrected chi connectivity index (χ1v) is 19.5. The van der Waals surface area contributed by atoms with Crippen molar-refractivity contribution in [3.05, 3.63) is 78.1 Å². The molecule has 0 bridgehead atoms. The van der Waals surface area contributed by atoms with Gasteiger partial charge in [0.15, 0.2) is 24.4 Å². The van der Waals surface area contributed by atoms with Crippen molar-refractivity contribution in [3.63, 3.8) is 0 Å². The molecule has 3 aromatic carbocycles. The molecule has 17 heteroatoms. The Morgan fingerprint density at radius 1 is 1.05 bits per heavy atom. The molecule has 4 aromatic rings. The highest BCUT2D eigenvalue weighted by molar-refractivity contribution is 7.89. The lowest BCUT2D eigenvalue weighted by Gasteiger charge is -2.42. The SMILES string of the molecule is COc1ccccc1-c1nc(COc2ccc(C[C@H](NC(=O)O)[C@@H](O)C([C@@H]3CO[C@H]4OCC[C@H]43)N(CC(C)C)S(=O)(=O)c3ccc4c(c3)OCO4)cc2)no1. The first kappa shape index (κ1) is 38.3. The van der Waals surface area contributed by atoms with E-state index < -0.39 is 46.5 Å². The number of carboxylic acid groups (broad SMARTS) is 1. The van der Waals surface area contributed by atoms with E-state index in [1.54, 1.807) is 37.4 Å². The van der Waals surface area contributed by atoms with Crippen molar-refractivity contribution < 1.29 is 56.4 Å². The number of aliphatic hydroxyl groups is 1. The van der Waals surface area contributed by atoms with Crippen LogP contribution in [0.1, 0.15) is 31.7 Å². The van der Waals surface area contributed by atoms with Crippen LogP contribution in [0.4, 0.5) is 4.79 Å². The molecule has 0 spiro atoms. The van der Waals surface area contributed by atoms with Gasteiger partial charge in [-0.3, -0.25) is 0 Å². The molecular weight excluding hydrogens is 737 g/mol. The lowest BCUT2D eigenvalue weighted by molar-refractivity contribution is -0.0907. The Balaban J connectivity index is 1.13. The molecule has 6 atom stereocenters. The summed E-state index contributed by atoms with van der Waals surface area (Å²) in [5, 5.41) is 28.8. The maximum absolute atomic E-state index is 14.6. The molecule has 16 nitrogen and oxygen atoms in total. The van der Waals surface area contributed by atoms with Crippen molar-refractivity contribution in [1.82, 2.24) is 19.8 Å². The van der Waals surface area contributed by atoms with E-state index in [0.29, 0.717) is 53.0 Å². The highest BCUT2D eigenvalue weighted by atomic mass is 32.2. The predicted octanol–water partition coefficient (Wildman–Crippen LogP) is 4.32. The lowest BCUT2D eigenvalue weighted by atomic mass is 9.81. The standard InChI is InChI=1S/C38H44N4O12S/c1-22(2)18-42(55(46,47)25-12-13-31-32(17-25)53-21-52-31)34(28-19-51-37-26(28)14-15-49-37)35(43)29(39-38(44)45)16-23-8-10-24(11-9-23)50-20-33-40-36(54-41-33)27-6-4-5-7-30(27)48-3/h4-13,17,22,26,28-29,34-35,37,39,43H,14-16,18-21H2,1-3H3,(H,44,45)/t26-,28+,29-,34?,35+,37+/m0/s1. The Labute approximate surface area is 318 Å². The van der Waals surface area contributed by atoms with Gasteiger partial charge in [0.2, 0.25) is 22.6 Å². The Morgan fingerprint density at radius 3 is 2.60 bits per heavy atom. The van der Waals surface area contributed by atoms with E-state index in [9.17, 15) is 23.4 Å². The Hall–Kier alpha value is -4.94. The summed E-state index contributed by atoms with van der Waals surface area (Å²) in [7, 11) is -2.73. The van der Waals surface area contributed by atoms with Gasteiger partial charge in [-0.25, -0.2) is 13.2 Å². The molecule has 294 valence electrons. The molecule has 0 saturated carbocycles. The molecule has 1 unspecified atom stereocenters. The van der Waals surface area contributed by atoms with Crippen LogP contribution in [-0.4, -0.2) is 97.3 Å². The summed E-state index contributed by atoms with van der Waals surface area (Å²) in [6, 6.07) is 16.4. The van der Waals surface area contributed by atoms with Gasteiger partial charge >= 0.3 is 6.09 Å². The smallest absolute Gasteiger partial charge is 0.404 e. The molecule has 2 saturated heterocycles. The van der Waals surface area contributed by atoms with Crippen molar-refractivity contribution >= 4 is 16.1 Å². The number of carbonyl (C=O) groups is 1. The predicted molar refractivity (Wildman–Crippen MR) is 194 cm³/mol. The van der Waals surface area contributed by atoms with Crippen molar-refractivity contribution in [2.24, 2.45) is 17.8 Å². The third kappa shape index (κ3) is 8.35. The number of para-hydroxylation sites is 1. The average Bonchev–Trinajstić information content (AvgIpc) is 4.00. The van der Waals surface area contributed by atoms with Crippen LogP contribution < -0.4 is 24.3 Å². The molecule has 3 aliphatic rings. The number of fused-ring (bicyclic) bond motifs is 2. The molecule has 0 aliphatic carbocycles. The number of amides is 1. The van der Waals surface area contributed by atoms with E-state index >= 15 is 0 Å². The minimum Gasteiger partial charge on any atom is -0.496 e. The molecule has 1 amide bonds. The van der Waals surface area contributed by atoms with Gasteiger partial charge in [0.05, 0.1) is 49.0 Å². The fourth-order valence-electron chi connectivity index (χ4n) is 7.42. The van der Waals surface area contributed by atoms with E-state index in [2.05, 4.69) is 15.5 Å². The highest BCUT2D eigenvalue weighted by Crippen LogP contribution is 2.43. The van der Waals surface area contributed by atoms with Crippen molar-refractivity contribution in [3.8, 4) is 34.5 Å². The zero-order valence-electron chi connectivity index (χ0n) is 30.6. The number of hydrogen-bond donors (Lipinski definition) is 3. The minimum atomic E-state index is -4.29. The van der Waals surface area contributed by atoms with Crippen LogP contribution >= 0.6 is 0 Å². The topological polar surface area (TPSA) is 201 Å². The summed E-state index contributed by atoms with van der Waals surface area (Å²) < 4.78 is 69.9. The summed E-state index contributed by atoms with van der Waals surface area (Å²) in [5.41, 5.74) is 1.32. The number of aliphatic hydroxyl groups excluding tert-OH is 1. The second kappa shape index (κ2) is 16.4. The maximum Gasteiger partial charge on any atom is 0.404 e. The van der Waals surface area contributed by atoms with Gasteiger partial charge in [0.25, 0.3) is 5.89 Å². The van der Waals surface area contributed by atoms with E-state index in [1.165, 1.54) is 22.5 Å². The number of hydrogen-bond acceptors (Lipinski definition) is 13. The van der Waals surface area contributed by atoms with Crippen LogP contribution in [0, 0.1) is 17.8 Å². The maximum atomic E-state index is 14.6. The summed E-state index contributed by atoms with van der Waals surface area (Å²) in [4.78, 5) is 16.6. The number of methoxy groups -OCH3 is 1. The third-order valence-electron chi connectivity index (χ3n) is 9.98. The Morgan fingerprint density at radius 2 is 1.84 bits per heavy atom. The van der Waals surface area contributed by atoms with Crippen molar-refractivity contribution in [2.45, 2.75) is 62.7 Å². The summed E-state index contributed by atoms with van der Waals surface area (Å²) in [6.45, 7) is 4.34. The number of nitrogens with one attached hydrogen (secondary N) is 1. The van der Waals surface area contributed by atoms with Crippen LogP contribution in [0.3, 0.4) is 0 Å². The number of benzene rings is 3. The van der Waals surface area contributed by atoms with E-state index in [0.717, 1.165) is 0 Å². The van der Waals surface area contributed by atoms with Crippen LogP contribution in [0.15, 0.2) is 76.1 Å². The second-order valence-electron chi connectivity index (χ2n) is 14.1. The number of aromatic nitrogens is 2. The van der Waals surface area contributed by atoms with Gasteiger partial charge in [-0.1, -0.05) is 43.3 Å². The van der Waals surface area contributed by atoms with Gasteiger partial charge in [-0.2, -0.15) is 9.29 Å².